The van der Waals surface area contributed by atoms with Crippen LogP contribution in [-0.4, -0.2) is 55.6 Å². The highest BCUT2D eigenvalue weighted by atomic mass is 19.3. The molecule has 0 saturated carbocycles. The van der Waals surface area contributed by atoms with Crippen LogP contribution in [0.2, 0.25) is 0 Å². The summed E-state index contributed by atoms with van der Waals surface area (Å²) >= 11 is 0. The molecule has 1 aliphatic rings. The lowest BCUT2D eigenvalue weighted by Crippen LogP contribution is -2.45. The normalized spacial score (nSPS) is 19.4. The Hall–Kier alpha value is -0.750. The second-order valence-electron chi connectivity index (χ2n) is 5.15. The highest BCUT2D eigenvalue weighted by Crippen LogP contribution is 2.10. The minimum atomic E-state index is -2.47. The third-order valence-electron chi connectivity index (χ3n) is 3.23. The van der Waals surface area contributed by atoms with E-state index in [0.29, 0.717) is 12.6 Å². The van der Waals surface area contributed by atoms with Gasteiger partial charge in [0.1, 0.15) is 6.61 Å². The van der Waals surface area contributed by atoms with Crippen molar-refractivity contribution in [1.82, 2.24) is 10.2 Å². The number of halogens is 2. The van der Waals surface area contributed by atoms with Crippen molar-refractivity contribution in [1.29, 1.82) is 0 Å². The zero-order valence-electron chi connectivity index (χ0n) is 11.7. The predicted octanol–water partition coefficient (Wildman–Crippen LogP) is 1.65. The molecule has 6 heteroatoms. The van der Waals surface area contributed by atoms with Crippen LogP contribution in [-0.2, 0) is 9.53 Å². The van der Waals surface area contributed by atoms with Crippen LogP contribution < -0.4 is 5.32 Å². The summed E-state index contributed by atoms with van der Waals surface area (Å²) in [6.07, 6.45) is -0.0860. The van der Waals surface area contributed by atoms with E-state index >= 15 is 0 Å². The topological polar surface area (TPSA) is 41.6 Å². The summed E-state index contributed by atoms with van der Waals surface area (Å²) in [7, 11) is 0. The molecule has 0 aromatic carbocycles. The Morgan fingerprint density at radius 3 is 2.74 bits per heavy atom. The van der Waals surface area contributed by atoms with E-state index in [0.717, 1.165) is 19.4 Å². The van der Waals surface area contributed by atoms with E-state index in [1.165, 1.54) is 0 Å². The minimum absolute atomic E-state index is 0.0297. The molecule has 1 rings (SSSR count). The third-order valence-corrected chi connectivity index (χ3v) is 3.23. The van der Waals surface area contributed by atoms with Gasteiger partial charge >= 0.3 is 0 Å². The monoisotopic (exact) mass is 278 g/mol. The van der Waals surface area contributed by atoms with E-state index in [-0.39, 0.29) is 25.0 Å². The molecule has 1 amide bonds. The van der Waals surface area contributed by atoms with Crippen molar-refractivity contribution in [2.24, 2.45) is 0 Å². The van der Waals surface area contributed by atoms with Crippen molar-refractivity contribution in [2.45, 2.75) is 51.6 Å². The predicted molar refractivity (Wildman–Crippen MR) is 69.3 cm³/mol. The van der Waals surface area contributed by atoms with Crippen LogP contribution in [0.25, 0.3) is 0 Å². The van der Waals surface area contributed by atoms with Crippen LogP contribution in [0.3, 0.4) is 0 Å². The summed E-state index contributed by atoms with van der Waals surface area (Å²) in [6.45, 7) is 5.08. The Morgan fingerprint density at radius 2 is 2.21 bits per heavy atom. The molecule has 1 saturated heterocycles. The number of alkyl halides is 2. The van der Waals surface area contributed by atoms with Crippen LogP contribution in [0.4, 0.5) is 8.78 Å². The van der Waals surface area contributed by atoms with Gasteiger partial charge in [-0.15, -0.1) is 0 Å². The molecule has 0 aromatic rings. The largest absolute Gasteiger partial charge is 0.375 e. The number of nitrogens with zero attached hydrogens (tertiary/aromatic N) is 1. The lowest BCUT2D eigenvalue weighted by molar-refractivity contribution is -0.134. The molecule has 1 unspecified atom stereocenters. The lowest BCUT2D eigenvalue weighted by Gasteiger charge is -2.29. The zero-order valence-corrected chi connectivity index (χ0v) is 11.7. The molecular formula is C13H24F2N2O2. The molecule has 0 radical (unpaired) electrons. The standard InChI is InChI=1S/C13H24F2N2O2/c1-10(2)17(8-11-4-3-6-16-11)13(18)5-7-19-9-12(14)15/h10-12,16H,3-9H2,1-2H3. The zero-order chi connectivity index (χ0) is 14.3. The van der Waals surface area contributed by atoms with Crippen LogP contribution in [0.15, 0.2) is 0 Å². The molecule has 1 fully saturated rings. The summed E-state index contributed by atoms with van der Waals surface area (Å²) in [5.74, 6) is -0.0297. The summed E-state index contributed by atoms with van der Waals surface area (Å²) in [5, 5.41) is 3.35. The number of hydrogen-bond acceptors (Lipinski definition) is 3. The molecule has 0 spiro atoms. The van der Waals surface area contributed by atoms with Crippen molar-refractivity contribution < 1.29 is 18.3 Å². The molecule has 0 aromatic heterocycles. The van der Waals surface area contributed by atoms with Crippen molar-refractivity contribution in [3.05, 3.63) is 0 Å². The lowest BCUT2D eigenvalue weighted by atomic mass is 10.2. The van der Waals surface area contributed by atoms with Gasteiger partial charge in [0.2, 0.25) is 5.91 Å². The fourth-order valence-electron chi connectivity index (χ4n) is 2.23. The average molecular weight is 278 g/mol. The van der Waals surface area contributed by atoms with E-state index in [9.17, 15) is 13.6 Å². The first-order chi connectivity index (χ1) is 9.00. The van der Waals surface area contributed by atoms with Crippen molar-refractivity contribution in [3.63, 3.8) is 0 Å². The Balaban J connectivity index is 2.31. The molecule has 19 heavy (non-hydrogen) atoms. The van der Waals surface area contributed by atoms with Crippen molar-refractivity contribution >= 4 is 5.91 Å². The van der Waals surface area contributed by atoms with Gasteiger partial charge in [-0.05, 0) is 33.2 Å². The summed E-state index contributed by atoms with van der Waals surface area (Å²) in [6, 6.07) is 0.471. The number of carbonyl (C=O) groups excluding carboxylic acids is 1. The maximum Gasteiger partial charge on any atom is 0.261 e. The quantitative estimate of drug-likeness (QED) is 0.686. The molecule has 1 atom stereocenters. The minimum Gasteiger partial charge on any atom is -0.375 e. The van der Waals surface area contributed by atoms with Gasteiger partial charge in [0.25, 0.3) is 6.43 Å². The second-order valence-corrected chi connectivity index (χ2v) is 5.15. The fourth-order valence-corrected chi connectivity index (χ4v) is 2.23. The number of nitrogens with one attached hydrogen (secondary N) is 1. The van der Waals surface area contributed by atoms with E-state index in [1.807, 2.05) is 13.8 Å². The molecule has 0 bridgehead atoms. The molecule has 112 valence electrons. The van der Waals surface area contributed by atoms with Gasteiger partial charge in [0.05, 0.1) is 13.0 Å². The maximum atomic E-state index is 12.0. The first-order valence-electron chi connectivity index (χ1n) is 6.89. The van der Waals surface area contributed by atoms with Gasteiger partial charge in [-0.1, -0.05) is 0 Å². The summed E-state index contributed by atoms with van der Waals surface area (Å²) in [4.78, 5) is 13.8. The summed E-state index contributed by atoms with van der Waals surface area (Å²) < 4.78 is 28.5. The summed E-state index contributed by atoms with van der Waals surface area (Å²) in [5.41, 5.74) is 0. The van der Waals surface area contributed by atoms with Crippen molar-refractivity contribution in [2.75, 3.05) is 26.3 Å². The second kappa shape index (κ2) is 8.43. The maximum absolute atomic E-state index is 12.0. The van der Waals surface area contributed by atoms with Gasteiger partial charge in [0.15, 0.2) is 0 Å². The van der Waals surface area contributed by atoms with E-state index in [4.69, 9.17) is 4.74 Å². The van der Waals surface area contributed by atoms with Gasteiger partial charge in [-0.3, -0.25) is 4.79 Å². The third kappa shape index (κ3) is 6.29. The molecule has 1 aliphatic heterocycles. The van der Waals surface area contributed by atoms with Gasteiger partial charge in [-0.25, -0.2) is 8.78 Å². The smallest absolute Gasteiger partial charge is 0.261 e. The number of ether oxygens (including phenoxy) is 1. The Bertz CT molecular complexity index is 269. The highest BCUT2D eigenvalue weighted by molar-refractivity contribution is 5.76. The van der Waals surface area contributed by atoms with Crippen LogP contribution in [0.1, 0.15) is 33.1 Å². The van der Waals surface area contributed by atoms with Gasteiger partial charge in [0, 0.05) is 18.6 Å². The molecule has 1 N–H and O–H groups in total. The fraction of sp³-hybridized carbons (Fsp3) is 0.923. The van der Waals surface area contributed by atoms with E-state index in [2.05, 4.69) is 5.32 Å². The Morgan fingerprint density at radius 1 is 1.47 bits per heavy atom. The SMILES string of the molecule is CC(C)N(CC1CCCN1)C(=O)CCOCC(F)F. The first-order valence-corrected chi connectivity index (χ1v) is 6.89. The highest BCUT2D eigenvalue weighted by Gasteiger charge is 2.23. The number of amides is 1. The van der Waals surface area contributed by atoms with E-state index in [1.54, 1.807) is 4.90 Å². The molecule has 1 heterocycles. The number of hydrogen-bond donors (Lipinski definition) is 1. The van der Waals surface area contributed by atoms with Gasteiger partial charge in [-0.2, -0.15) is 0 Å². The van der Waals surface area contributed by atoms with Crippen molar-refractivity contribution in [3.8, 4) is 0 Å². The Kier molecular flexibility index (Phi) is 7.23. The van der Waals surface area contributed by atoms with Crippen LogP contribution >= 0.6 is 0 Å². The van der Waals surface area contributed by atoms with Gasteiger partial charge < -0.3 is 15.0 Å². The Labute approximate surface area is 113 Å². The van der Waals surface area contributed by atoms with E-state index < -0.39 is 13.0 Å². The first kappa shape index (κ1) is 16.3. The number of carbonyl (C=O) groups is 1. The number of rotatable bonds is 8. The molecular weight excluding hydrogens is 254 g/mol. The molecule has 0 aliphatic carbocycles. The average Bonchev–Trinajstić information content (AvgIpc) is 2.83. The van der Waals surface area contributed by atoms with Crippen LogP contribution in [0, 0.1) is 0 Å². The molecule has 4 nitrogen and oxygen atoms in total. The van der Waals surface area contributed by atoms with Crippen LogP contribution in [0.5, 0.6) is 0 Å².